The Morgan fingerprint density at radius 3 is 3.11 bits per heavy atom. The molecule has 1 aliphatic rings. The second kappa shape index (κ2) is 5.09. The second-order valence-electron chi connectivity index (χ2n) is 4.62. The van der Waals surface area contributed by atoms with Gasteiger partial charge in [-0.15, -0.1) is 11.3 Å². The van der Waals surface area contributed by atoms with Crippen LogP contribution < -0.4 is 0 Å². The summed E-state index contributed by atoms with van der Waals surface area (Å²) in [5, 5.41) is 5.83. The highest BCUT2D eigenvalue weighted by Crippen LogP contribution is 2.35. The van der Waals surface area contributed by atoms with E-state index in [1.807, 2.05) is 29.3 Å². The first kappa shape index (κ1) is 12.9. The fourth-order valence-corrected chi connectivity index (χ4v) is 3.92. The van der Waals surface area contributed by atoms with Crippen molar-refractivity contribution in [1.29, 1.82) is 0 Å². The zero-order valence-electron chi connectivity index (χ0n) is 10.4. The zero-order chi connectivity index (χ0) is 13.4. The molecule has 100 valence electrons. The van der Waals surface area contributed by atoms with Crippen molar-refractivity contribution in [2.24, 2.45) is 0 Å². The predicted octanol–water partition coefficient (Wildman–Crippen LogP) is 3.78. The highest BCUT2D eigenvalue weighted by Gasteiger charge is 2.34. The maximum absolute atomic E-state index is 12.6. The maximum Gasteiger partial charge on any atom is 0.265 e. The largest absolute Gasteiger partial charge is 0.359 e. The summed E-state index contributed by atoms with van der Waals surface area (Å²) in [6.07, 6.45) is 1.93. The fourth-order valence-electron chi connectivity index (χ4n) is 2.42. The minimum absolute atomic E-state index is 0.0164. The van der Waals surface area contributed by atoms with Gasteiger partial charge < -0.3 is 9.42 Å². The Labute approximate surface area is 123 Å². The van der Waals surface area contributed by atoms with Crippen LogP contribution in [-0.2, 0) is 0 Å². The molecular formula is C13H13BrN2O2S. The normalized spacial score (nSPS) is 19.1. The van der Waals surface area contributed by atoms with Gasteiger partial charge in [-0.05, 0) is 47.1 Å². The third-order valence-electron chi connectivity index (χ3n) is 3.30. The van der Waals surface area contributed by atoms with Crippen molar-refractivity contribution in [2.45, 2.75) is 25.8 Å². The molecule has 2 aromatic rings. The van der Waals surface area contributed by atoms with Crippen LogP contribution in [-0.4, -0.2) is 22.5 Å². The molecule has 1 atom stereocenters. The summed E-state index contributed by atoms with van der Waals surface area (Å²) in [5.41, 5.74) is 0.853. The van der Waals surface area contributed by atoms with E-state index in [0.29, 0.717) is 0 Å². The zero-order valence-corrected chi connectivity index (χ0v) is 12.8. The van der Waals surface area contributed by atoms with Crippen LogP contribution in [0.2, 0.25) is 0 Å². The van der Waals surface area contributed by atoms with Gasteiger partial charge in [-0.25, -0.2) is 0 Å². The SMILES string of the molecule is Cc1cc(C2CCCN2C(=O)c2sccc2Br)on1. The van der Waals surface area contributed by atoms with Crippen LogP contribution in [0.1, 0.15) is 40.0 Å². The fraction of sp³-hybridized carbons (Fsp3) is 0.385. The van der Waals surface area contributed by atoms with E-state index < -0.39 is 0 Å². The second-order valence-corrected chi connectivity index (χ2v) is 6.40. The Morgan fingerprint density at radius 1 is 1.63 bits per heavy atom. The van der Waals surface area contributed by atoms with Crippen molar-refractivity contribution < 1.29 is 9.32 Å². The number of carbonyl (C=O) groups excluding carboxylic acids is 1. The average Bonchev–Trinajstić information content (AvgIpc) is 3.07. The van der Waals surface area contributed by atoms with E-state index in [0.717, 1.165) is 40.2 Å². The highest BCUT2D eigenvalue weighted by molar-refractivity contribution is 9.10. The maximum atomic E-state index is 12.6. The van der Waals surface area contributed by atoms with Crippen LogP contribution in [0.4, 0.5) is 0 Å². The summed E-state index contributed by atoms with van der Waals surface area (Å²) in [7, 11) is 0. The van der Waals surface area contributed by atoms with Crippen LogP contribution in [0.25, 0.3) is 0 Å². The third kappa shape index (κ3) is 2.34. The number of amides is 1. The van der Waals surface area contributed by atoms with Gasteiger partial charge in [-0.3, -0.25) is 4.79 Å². The van der Waals surface area contributed by atoms with Gasteiger partial charge >= 0.3 is 0 Å². The van der Waals surface area contributed by atoms with Gasteiger partial charge in [0.15, 0.2) is 5.76 Å². The van der Waals surface area contributed by atoms with Crippen molar-refractivity contribution in [3.8, 4) is 0 Å². The smallest absolute Gasteiger partial charge is 0.265 e. The molecule has 0 radical (unpaired) electrons. The highest BCUT2D eigenvalue weighted by atomic mass is 79.9. The Balaban J connectivity index is 1.88. The number of rotatable bonds is 2. The van der Waals surface area contributed by atoms with Gasteiger partial charge in [0.1, 0.15) is 4.88 Å². The molecule has 1 fully saturated rings. The standard InChI is InChI=1S/C13H13BrN2O2S/c1-8-7-11(18-15-8)10-3-2-5-16(10)13(17)12-9(14)4-6-19-12/h4,6-7,10H,2-3,5H2,1H3. The predicted molar refractivity (Wildman–Crippen MR) is 76.3 cm³/mol. The molecule has 3 heterocycles. The molecule has 3 rings (SSSR count). The molecule has 1 aliphatic heterocycles. The van der Waals surface area contributed by atoms with Gasteiger partial charge in [0.05, 0.1) is 11.7 Å². The Kier molecular flexibility index (Phi) is 3.45. The molecule has 19 heavy (non-hydrogen) atoms. The number of carbonyl (C=O) groups is 1. The minimum atomic E-state index is 0.0164. The van der Waals surface area contributed by atoms with Crippen molar-refractivity contribution in [1.82, 2.24) is 10.1 Å². The number of nitrogens with zero attached hydrogens (tertiary/aromatic N) is 2. The van der Waals surface area contributed by atoms with Crippen LogP contribution in [0.15, 0.2) is 26.5 Å². The molecule has 0 spiro atoms. The Hall–Kier alpha value is -1.14. The summed E-state index contributed by atoms with van der Waals surface area (Å²) >= 11 is 4.88. The topological polar surface area (TPSA) is 46.3 Å². The summed E-state index contributed by atoms with van der Waals surface area (Å²) in [5.74, 6) is 0.856. The van der Waals surface area contributed by atoms with E-state index in [1.165, 1.54) is 11.3 Å². The third-order valence-corrected chi connectivity index (χ3v) is 5.13. The molecule has 1 unspecified atom stereocenters. The number of aryl methyl sites for hydroxylation is 1. The van der Waals surface area contributed by atoms with E-state index in [4.69, 9.17) is 4.52 Å². The van der Waals surface area contributed by atoms with Gasteiger partial charge in [-0.2, -0.15) is 0 Å². The number of hydrogen-bond donors (Lipinski definition) is 0. The van der Waals surface area contributed by atoms with E-state index >= 15 is 0 Å². The van der Waals surface area contributed by atoms with Crippen molar-refractivity contribution >= 4 is 33.2 Å². The first-order valence-corrected chi connectivity index (χ1v) is 7.81. The molecule has 1 amide bonds. The minimum Gasteiger partial charge on any atom is -0.359 e. The van der Waals surface area contributed by atoms with E-state index in [9.17, 15) is 4.79 Å². The van der Waals surface area contributed by atoms with Gasteiger partial charge in [0.2, 0.25) is 0 Å². The average molecular weight is 341 g/mol. The molecule has 2 aromatic heterocycles. The van der Waals surface area contributed by atoms with E-state index in [2.05, 4.69) is 21.1 Å². The first-order chi connectivity index (χ1) is 9.16. The molecule has 1 saturated heterocycles. The van der Waals surface area contributed by atoms with Gasteiger partial charge in [-0.1, -0.05) is 5.16 Å². The molecular weight excluding hydrogens is 328 g/mol. The molecule has 0 aliphatic carbocycles. The lowest BCUT2D eigenvalue weighted by Crippen LogP contribution is -2.30. The van der Waals surface area contributed by atoms with E-state index in [-0.39, 0.29) is 11.9 Å². The molecule has 4 nitrogen and oxygen atoms in total. The molecule has 0 aromatic carbocycles. The lowest BCUT2D eigenvalue weighted by atomic mass is 10.1. The van der Waals surface area contributed by atoms with Crippen LogP contribution in [0.5, 0.6) is 0 Å². The Morgan fingerprint density at radius 2 is 2.47 bits per heavy atom. The molecule has 0 N–H and O–H groups in total. The van der Waals surface area contributed by atoms with Crippen LogP contribution in [0.3, 0.4) is 0 Å². The first-order valence-electron chi connectivity index (χ1n) is 6.14. The number of halogens is 1. The Bertz CT molecular complexity index is 607. The quantitative estimate of drug-likeness (QED) is 0.835. The van der Waals surface area contributed by atoms with Gasteiger partial charge in [0, 0.05) is 17.1 Å². The summed E-state index contributed by atoms with van der Waals surface area (Å²) in [6, 6.07) is 3.84. The number of likely N-dealkylation sites (tertiary alicyclic amines) is 1. The lowest BCUT2D eigenvalue weighted by Gasteiger charge is -2.22. The number of aromatic nitrogens is 1. The number of hydrogen-bond acceptors (Lipinski definition) is 4. The van der Waals surface area contributed by atoms with Crippen molar-refractivity contribution in [3.05, 3.63) is 38.3 Å². The van der Waals surface area contributed by atoms with Crippen LogP contribution >= 0.6 is 27.3 Å². The summed E-state index contributed by atoms with van der Waals surface area (Å²) in [6.45, 7) is 2.66. The summed E-state index contributed by atoms with van der Waals surface area (Å²) < 4.78 is 6.19. The lowest BCUT2D eigenvalue weighted by molar-refractivity contribution is 0.0718. The van der Waals surface area contributed by atoms with Crippen LogP contribution in [0, 0.1) is 6.92 Å². The number of thiophene rings is 1. The van der Waals surface area contributed by atoms with Crippen molar-refractivity contribution in [3.63, 3.8) is 0 Å². The van der Waals surface area contributed by atoms with E-state index in [1.54, 1.807) is 0 Å². The van der Waals surface area contributed by atoms with Crippen molar-refractivity contribution in [2.75, 3.05) is 6.54 Å². The molecule has 0 bridgehead atoms. The van der Waals surface area contributed by atoms with Gasteiger partial charge in [0.25, 0.3) is 5.91 Å². The summed E-state index contributed by atoms with van der Waals surface area (Å²) in [4.78, 5) is 15.2. The molecule has 0 saturated carbocycles. The molecule has 6 heteroatoms. The monoisotopic (exact) mass is 340 g/mol.